The van der Waals surface area contributed by atoms with Gasteiger partial charge in [-0.3, -0.25) is 0 Å². The molecule has 5 heteroatoms. The highest BCUT2D eigenvalue weighted by Crippen LogP contribution is 2.20. The van der Waals surface area contributed by atoms with Gasteiger partial charge in [0.15, 0.2) is 10.5 Å². The van der Waals surface area contributed by atoms with Gasteiger partial charge in [-0.2, -0.15) is 0 Å². The van der Waals surface area contributed by atoms with E-state index in [1.807, 2.05) is 13.8 Å². The van der Waals surface area contributed by atoms with Crippen LogP contribution in [0.1, 0.15) is 18.9 Å². The molecular formula is C9H12N4S. The smallest absolute Gasteiger partial charge is 0.189 e. The number of nitrogens with two attached hydrogens (primary N) is 1. The van der Waals surface area contributed by atoms with Crippen molar-refractivity contribution in [2.75, 3.05) is 0 Å². The molecule has 14 heavy (non-hydrogen) atoms. The highest BCUT2D eigenvalue weighted by atomic mass is 32.1. The summed E-state index contributed by atoms with van der Waals surface area (Å²) in [6, 6.07) is 0. The Morgan fingerprint density at radius 2 is 2.07 bits per heavy atom. The molecule has 4 nitrogen and oxygen atoms in total. The number of rotatable bonds is 2. The third-order valence-electron chi connectivity index (χ3n) is 1.70. The monoisotopic (exact) mass is 208 g/mol. The van der Waals surface area contributed by atoms with Crippen molar-refractivity contribution in [1.29, 1.82) is 0 Å². The van der Waals surface area contributed by atoms with Crippen LogP contribution >= 0.6 is 11.3 Å². The van der Waals surface area contributed by atoms with Crippen molar-refractivity contribution in [3.8, 4) is 0 Å². The summed E-state index contributed by atoms with van der Waals surface area (Å²) in [4.78, 5) is 13.6. The van der Waals surface area contributed by atoms with Crippen molar-refractivity contribution in [3.05, 3.63) is 17.4 Å². The molecule has 2 aromatic heterocycles. The lowest BCUT2D eigenvalue weighted by Crippen LogP contribution is -2.34. The number of hydrogen-bond donors (Lipinski definition) is 1. The van der Waals surface area contributed by atoms with Gasteiger partial charge in [-0.05, 0) is 13.8 Å². The fourth-order valence-electron chi connectivity index (χ4n) is 1.18. The molecule has 0 bridgehead atoms. The van der Waals surface area contributed by atoms with Gasteiger partial charge in [0.2, 0.25) is 0 Å². The maximum atomic E-state index is 5.92. The average molecular weight is 208 g/mol. The van der Waals surface area contributed by atoms with Gasteiger partial charge in [-0.1, -0.05) is 11.3 Å². The molecule has 0 amide bonds. The first-order chi connectivity index (χ1) is 6.54. The van der Waals surface area contributed by atoms with Crippen LogP contribution in [-0.2, 0) is 6.42 Å². The Morgan fingerprint density at radius 3 is 2.71 bits per heavy atom. The van der Waals surface area contributed by atoms with Gasteiger partial charge in [0.05, 0.1) is 5.01 Å². The lowest BCUT2D eigenvalue weighted by molar-refractivity contribution is 0.516. The van der Waals surface area contributed by atoms with E-state index in [9.17, 15) is 0 Å². The van der Waals surface area contributed by atoms with E-state index in [2.05, 4.69) is 15.0 Å². The van der Waals surface area contributed by atoms with Gasteiger partial charge >= 0.3 is 0 Å². The van der Waals surface area contributed by atoms with Crippen LogP contribution in [0.15, 0.2) is 12.4 Å². The maximum absolute atomic E-state index is 5.92. The summed E-state index contributed by atoms with van der Waals surface area (Å²) in [7, 11) is 0. The lowest BCUT2D eigenvalue weighted by atomic mass is 10.0. The van der Waals surface area contributed by atoms with Gasteiger partial charge in [-0.25, -0.2) is 15.0 Å². The minimum absolute atomic E-state index is 0.228. The fraction of sp³-hybridized carbons (Fsp3) is 0.444. The zero-order valence-corrected chi connectivity index (χ0v) is 9.01. The summed E-state index contributed by atoms with van der Waals surface area (Å²) >= 11 is 1.56. The zero-order valence-electron chi connectivity index (χ0n) is 8.19. The normalized spacial score (nSPS) is 12.2. The summed E-state index contributed by atoms with van der Waals surface area (Å²) < 4.78 is 0. The van der Waals surface area contributed by atoms with E-state index in [4.69, 9.17) is 5.73 Å². The van der Waals surface area contributed by atoms with Crippen LogP contribution in [0.25, 0.3) is 10.5 Å². The zero-order chi connectivity index (χ0) is 10.2. The van der Waals surface area contributed by atoms with Crippen LogP contribution in [0.3, 0.4) is 0 Å². The van der Waals surface area contributed by atoms with E-state index in [-0.39, 0.29) is 5.54 Å². The SMILES string of the molecule is CC(C)(N)Cc1nc2nccnc2s1. The summed E-state index contributed by atoms with van der Waals surface area (Å²) in [6.07, 6.45) is 4.09. The topological polar surface area (TPSA) is 64.7 Å². The Bertz CT molecular complexity index is 410. The fourth-order valence-corrected chi connectivity index (χ4v) is 2.29. The third kappa shape index (κ3) is 2.05. The first kappa shape index (κ1) is 9.48. The molecule has 0 radical (unpaired) electrons. The van der Waals surface area contributed by atoms with Crippen LogP contribution in [-0.4, -0.2) is 20.5 Å². The third-order valence-corrected chi connectivity index (χ3v) is 2.65. The Morgan fingerprint density at radius 1 is 1.36 bits per heavy atom. The Hall–Kier alpha value is -1.07. The maximum Gasteiger partial charge on any atom is 0.189 e. The van der Waals surface area contributed by atoms with Gasteiger partial charge in [0, 0.05) is 24.4 Å². The predicted octanol–water partition coefficient (Wildman–Crippen LogP) is 1.37. The molecule has 2 heterocycles. The number of nitrogens with zero attached hydrogens (tertiary/aromatic N) is 3. The molecule has 0 aliphatic carbocycles. The van der Waals surface area contributed by atoms with Crippen molar-refractivity contribution in [3.63, 3.8) is 0 Å². The number of hydrogen-bond acceptors (Lipinski definition) is 5. The molecule has 0 aliphatic rings. The molecule has 0 unspecified atom stereocenters. The first-order valence-corrected chi connectivity index (χ1v) is 5.21. The molecule has 2 rings (SSSR count). The Kier molecular flexibility index (Phi) is 2.20. The standard InChI is InChI=1S/C9H12N4S/c1-9(2,10)5-6-13-7-8(14-6)12-4-3-11-7/h3-4H,5,10H2,1-2H3. The quantitative estimate of drug-likeness (QED) is 0.809. The number of fused-ring (bicyclic) bond motifs is 1. The second-order valence-electron chi connectivity index (χ2n) is 3.96. The Labute approximate surface area is 86.2 Å². The van der Waals surface area contributed by atoms with Gasteiger partial charge < -0.3 is 5.73 Å². The minimum atomic E-state index is -0.228. The van der Waals surface area contributed by atoms with Gasteiger partial charge in [0.1, 0.15) is 0 Å². The van der Waals surface area contributed by atoms with Crippen LogP contribution in [0, 0.1) is 0 Å². The summed E-state index contributed by atoms with van der Waals surface area (Å²) in [5.41, 5.74) is 6.41. The summed E-state index contributed by atoms with van der Waals surface area (Å²) in [6.45, 7) is 3.97. The molecular weight excluding hydrogens is 196 g/mol. The van der Waals surface area contributed by atoms with Gasteiger partial charge in [-0.15, -0.1) is 0 Å². The van der Waals surface area contributed by atoms with Crippen LogP contribution in [0.2, 0.25) is 0 Å². The van der Waals surface area contributed by atoms with Crippen molar-refractivity contribution < 1.29 is 0 Å². The van der Waals surface area contributed by atoms with Crippen LogP contribution in [0.5, 0.6) is 0 Å². The van der Waals surface area contributed by atoms with Crippen molar-refractivity contribution in [1.82, 2.24) is 15.0 Å². The van der Waals surface area contributed by atoms with Crippen molar-refractivity contribution in [2.24, 2.45) is 5.73 Å². The predicted molar refractivity (Wildman–Crippen MR) is 57.2 cm³/mol. The van der Waals surface area contributed by atoms with Gasteiger partial charge in [0.25, 0.3) is 0 Å². The lowest BCUT2D eigenvalue weighted by Gasteiger charge is -2.15. The summed E-state index contributed by atoms with van der Waals surface area (Å²) in [5.74, 6) is 0. The molecule has 74 valence electrons. The highest BCUT2D eigenvalue weighted by Gasteiger charge is 2.15. The molecule has 2 N–H and O–H groups in total. The average Bonchev–Trinajstić information content (AvgIpc) is 2.42. The van der Waals surface area contributed by atoms with E-state index in [1.54, 1.807) is 23.7 Å². The second-order valence-corrected chi connectivity index (χ2v) is 5.02. The number of thiazole rings is 1. The highest BCUT2D eigenvalue weighted by molar-refractivity contribution is 7.18. The molecule has 0 saturated heterocycles. The van der Waals surface area contributed by atoms with E-state index in [0.717, 1.165) is 21.9 Å². The molecule has 0 fully saturated rings. The molecule has 0 aromatic carbocycles. The van der Waals surface area contributed by atoms with Crippen molar-refractivity contribution in [2.45, 2.75) is 25.8 Å². The van der Waals surface area contributed by atoms with Crippen molar-refractivity contribution >= 4 is 21.8 Å². The van der Waals surface area contributed by atoms with E-state index in [0.29, 0.717) is 0 Å². The van der Waals surface area contributed by atoms with E-state index < -0.39 is 0 Å². The van der Waals surface area contributed by atoms with Crippen LogP contribution < -0.4 is 5.73 Å². The van der Waals surface area contributed by atoms with Crippen LogP contribution in [0.4, 0.5) is 0 Å². The Balaban J connectivity index is 2.36. The molecule has 2 aromatic rings. The van der Waals surface area contributed by atoms with E-state index >= 15 is 0 Å². The second kappa shape index (κ2) is 3.25. The summed E-state index contributed by atoms with van der Waals surface area (Å²) in [5, 5.41) is 0.999. The molecule has 0 atom stereocenters. The molecule has 0 saturated carbocycles. The van der Waals surface area contributed by atoms with E-state index in [1.165, 1.54) is 0 Å². The molecule has 0 aliphatic heterocycles. The largest absolute Gasteiger partial charge is 0.325 e. The molecule has 0 spiro atoms. The first-order valence-electron chi connectivity index (χ1n) is 4.40. The minimum Gasteiger partial charge on any atom is -0.325 e. The number of aromatic nitrogens is 3.